The second-order valence-corrected chi connectivity index (χ2v) is 5.70. The Bertz CT molecular complexity index is 600. The smallest absolute Gasteiger partial charge is 0.123 e. The third-order valence-corrected chi connectivity index (χ3v) is 4.20. The number of aliphatic hydroxyl groups excluding tert-OH is 1. The molecule has 3 rings (SSSR count). The minimum absolute atomic E-state index is 0.0705. The zero-order valence-corrected chi connectivity index (χ0v) is 11.6. The Morgan fingerprint density at radius 3 is 2.80 bits per heavy atom. The molecule has 0 bridgehead atoms. The summed E-state index contributed by atoms with van der Waals surface area (Å²) in [4.78, 5) is 0. The SMILES string of the molecule is Cc1cc(F)cc(C(O)C2CCCc3ccccc32)c1. The van der Waals surface area contributed by atoms with Crippen molar-refractivity contribution in [1.82, 2.24) is 0 Å². The summed E-state index contributed by atoms with van der Waals surface area (Å²) in [6.45, 7) is 1.86. The van der Waals surface area contributed by atoms with Gasteiger partial charge < -0.3 is 5.11 Å². The molecule has 1 aliphatic carbocycles. The number of aryl methyl sites for hydroxylation is 2. The molecule has 2 aromatic rings. The minimum atomic E-state index is -0.633. The molecule has 1 N–H and O–H groups in total. The summed E-state index contributed by atoms with van der Waals surface area (Å²) >= 11 is 0. The molecule has 0 saturated heterocycles. The molecule has 0 spiro atoms. The summed E-state index contributed by atoms with van der Waals surface area (Å²) in [5.41, 5.74) is 4.07. The predicted molar refractivity (Wildman–Crippen MR) is 78.2 cm³/mol. The number of fused-ring (bicyclic) bond motifs is 1. The van der Waals surface area contributed by atoms with Crippen molar-refractivity contribution in [1.29, 1.82) is 0 Å². The predicted octanol–water partition coefficient (Wildman–Crippen LogP) is 4.29. The van der Waals surface area contributed by atoms with Gasteiger partial charge >= 0.3 is 0 Å². The normalized spacial score (nSPS) is 19.4. The molecule has 104 valence electrons. The molecule has 1 aliphatic rings. The average Bonchev–Trinajstić information content (AvgIpc) is 2.45. The highest BCUT2D eigenvalue weighted by atomic mass is 19.1. The standard InChI is InChI=1S/C18H19FO/c1-12-9-14(11-15(19)10-12)18(20)17-8-4-6-13-5-2-3-7-16(13)17/h2-3,5,7,9-11,17-18,20H,4,6,8H2,1H3. The third kappa shape index (κ3) is 2.48. The van der Waals surface area contributed by atoms with Crippen LogP contribution in [-0.4, -0.2) is 5.11 Å². The molecule has 2 aromatic carbocycles. The first kappa shape index (κ1) is 13.3. The van der Waals surface area contributed by atoms with Crippen LogP contribution in [0.25, 0.3) is 0 Å². The maximum Gasteiger partial charge on any atom is 0.123 e. The number of benzene rings is 2. The van der Waals surface area contributed by atoms with Crippen LogP contribution in [0.5, 0.6) is 0 Å². The van der Waals surface area contributed by atoms with Crippen LogP contribution in [0.4, 0.5) is 4.39 Å². The monoisotopic (exact) mass is 270 g/mol. The van der Waals surface area contributed by atoms with Crippen molar-refractivity contribution in [2.24, 2.45) is 0 Å². The highest BCUT2D eigenvalue weighted by Crippen LogP contribution is 2.40. The molecule has 0 radical (unpaired) electrons. The first-order valence-corrected chi connectivity index (χ1v) is 7.18. The van der Waals surface area contributed by atoms with Crippen molar-refractivity contribution in [2.45, 2.75) is 38.2 Å². The van der Waals surface area contributed by atoms with Gasteiger partial charge in [-0.2, -0.15) is 0 Å². The third-order valence-electron chi connectivity index (χ3n) is 4.20. The van der Waals surface area contributed by atoms with Gasteiger partial charge in [0.1, 0.15) is 5.82 Å². The summed E-state index contributed by atoms with van der Waals surface area (Å²) in [7, 11) is 0. The summed E-state index contributed by atoms with van der Waals surface area (Å²) in [6, 6.07) is 13.1. The number of aliphatic hydroxyl groups is 1. The summed E-state index contributed by atoms with van der Waals surface area (Å²) in [5, 5.41) is 10.7. The molecule has 2 heteroatoms. The Morgan fingerprint density at radius 2 is 2.00 bits per heavy atom. The highest BCUT2D eigenvalue weighted by molar-refractivity contribution is 5.36. The van der Waals surface area contributed by atoms with E-state index in [4.69, 9.17) is 0 Å². The molecule has 1 nitrogen and oxygen atoms in total. The lowest BCUT2D eigenvalue weighted by molar-refractivity contribution is 0.135. The number of halogens is 1. The van der Waals surface area contributed by atoms with Gasteiger partial charge in [0.2, 0.25) is 0 Å². The van der Waals surface area contributed by atoms with Gasteiger partial charge in [-0.25, -0.2) is 4.39 Å². The second kappa shape index (κ2) is 5.37. The summed E-state index contributed by atoms with van der Waals surface area (Å²) in [5.74, 6) is -0.204. The Morgan fingerprint density at radius 1 is 1.20 bits per heavy atom. The number of rotatable bonds is 2. The number of hydrogen-bond donors (Lipinski definition) is 1. The van der Waals surface area contributed by atoms with E-state index in [0.29, 0.717) is 5.56 Å². The van der Waals surface area contributed by atoms with E-state index in [1.165, 1.54) is 23.3 Å². The van der Waals surface area contributed by atoms with E-state index in [0.717, 1.165) is 24.8 Å². The van der Waals surface area contributed by atoms with Gasteiger partial charge in [-0.05, 0) is 60.6 Å². The van der Waals surface area contributed by atoms with E-state index in [1.807, 2.05) is 25.1 Å². The Kier molecular flexibility index (Phi) is 3.58. The molecule has 0 aliphatic heterocycles. The van der Waals surface area contributed by atoms with Crippen LogP contribution in [0, 0.1) is 12.7 Å². The summed E-state index contributed by atoms with van der Waals surface area (Å²) in [6.07, 6.45) is 2.47. The molecule has 0 heterocycles. The van der Waals surface area contributed by atoms with Crippen molar-refractivity contribution < 1.29 is 9.50 Å². The highest BCUT2D eigenvalue weighted by Gasteiger charge is 2.27. The Labute approximate surface area is 119 Å². The maximum absolute atomic E-state index is 13.5. The zero-order chi connectivity index (χ0) is 14.1. The first-order valence-electron chi connectivity index (χ1n) is 7.18. The van der Waals surface area contributed by atoms with E-state index < -0.39 is 6.10 Å². The van der Waals surface area contributed by atoms with Crippen molar-refractivity contribution in [3.05, 3.63) is 70.5 Å². The lowest BCUT2D eigenvalue weighted by atomic mass is 9.78. The fourth-order valence-corrected chi connectivity index (χ4v) is 3.29. The van der Waals surface area contributed by atoms with E-state index >= 15 is 0 Å². The van der Waals surface area contributed by atoms with Gasteiger partial charge in [-0.3, -0.25) is 0 Å². The molecule has 2 atom stereocenters. The zero-order valence-electron chi connectivity index (χ0n) is 11.6. The summed E-state index contributed by atoms with van der Waals surface area (Å²) < 4.78 is 13.5. The fraction of sp³-hybridized carbons (Fsp3) is 0.333. The quantitative estimate of drug-likeness (QED) is 0.863. The Hall–Kier alpha value is -1.67. The van der Waals surface area contributed by atoms with E-state index in [9.17, 15) is 9.50 Å². The van der Waals surface area contributed by atoms with Crippen LogP contribution in [-0.2, 0) is 6.42 Å². The van der Waals surface area contributed by atoms with E-state index in [-0.39, 0.29) is 11.7 Å². The average molecular weight is 270 g/mol. The van der Waals surface area contributed by atoms with Crippen molar-refractivity contribution in [2.75, 3.05) is 0 Å². The topological polar surface area (TPSA) is 20.2 Å². The molecule has 2 unspecified atom stereocenters. The minimum Gasteiger partial charge on any atom is -0.388 e. The molecule has 0 fully saturated rings. The lowest BCUT2D eigenvalue weighted by Gasteiger charge is -2.29. The van der Waals surface area contributed by atoms with Crippen LogP contribution in [0.3, 0.4) is 0 Å². The first-order chi connectivity index (χ1) is 9.65. The van der Waals surface area contributed by atoms with E-state index in [2.05, 4.69) is 12.1 Å². The molecule has 0 amide bonds. The Balaban J connectivity index is 1.97. The molecule has 0 saturated carbocycles. The lowest BCUT2D eigenvalue weighted by Crippen LogP contribution is -2.17. The van der Waals surface area contributed by atoms with Crippen LogP contribution in [0.1, 0.15) is 47.1 Å². The van der Waals surface area contributed by atoms with Gasteiger partial charge in [-0.15, -0.1) is 0 Å². The van der Waals surface area contributed by atoms with Crippen LogP contribution in [0.15, 0.2) is 42.5 Å². The largest absolute Gasteiger partial charge is 0.388 e. The van der Waals surface area contributed by atoms with Crippen molar-refractivity contribution >= 4 is 0 Å². The van der Waals surface area contributed by atoms with Gasteiger partial charge in [0.05, 0.1) is 6.10 Å². The molecule has 20 heavy (non-hydrogen) atoms. The molecule has 0 aromatic heterocycles. The van der Waals surface area contributed by atoms with Crippen molar-refractivity contribution in [3.8, 4) is 0 Å². The van der Waals surface area contributed by atoms with E-state index in [1.54, 1.807) is 0 Å². The van der Waals surface area contributed by atoms with Gasteiger partial charge in [0, 0.05) is 5.92 Å². The van der Waals surface area contributed by atoms with Crippen LogP contribution >= 0.6 is 0 Å². The maximum atomic E-state index is 13.5. The van der Waals surface area contributed by atoms with Gasteiger partial charge in [-0.1, -0.05) is 30.3 Å². The fourth-order valence-electron chi connectivity index (χ4n) is 3.29. The van der Waals surface area contributed by atoms with Crippen LogP contribution in [0.2, 0.25) is 0 Å². The number of hydrogen-bond acceptors (Lipinski definition) is 1. The molecular formula is C18H19FO. The van der Waals surface area contributed by atoms with Crippen molar-refractivity contribution in [3.63, 3.8) is 0 Å². The van der Waals surface area contributed by atoms with Gasteiger partial charge in [0.25, 0.3) is 0 Å². The second-order valence-electron chi connectivity index (χ2n) is 5.70. The molecular weight excluding hydrogens is 251 g/mol. The van der Waals surface area contributed by atoms with Crippen LogP contribution < -0.4 is 0 Å². The van der Waals surface area contributed by atoms with Gasteiger partial charge in [0.15, 0.2) is 0 Å².